The van der Waals surface area contributed by atoms with Crippen LogP contribution in [0.1, 0.15) is 45.5 Å². The predicted molar refractivity (Wildman–Crippen MR) is 130 cm³/mol. The van der Waals surface area contributed by atoms with E-state index in [0.29, 0.717) is 50.2 Å². The summed E-state index contributed by atoms with van der Waals surface area (Å²) < 4.78 is 17.6. The maximum absolute atomic E-state index is 12.5. The second-order valence-electron chi connectivity index (χ2n) is 9.67. The molecule has 2 aromatic rings. The highest BCUT2D eigenvalue weighted by Gasteiger charge is 2.23. The average molecular weight is 492 g/mol. The quantitative estimate of drug-likeness (QED) is 0.357. The molecule has 34 heavy (non-hydrogen) atoms. The van der Waals surface area contributed by atoms with E-state index in [1.165, 1.54) is 11.3 Å². The van der Waals surface area contributed by atoms with Crippen LogP contribution < -0.4 is 5.32 Å². The van der Waals surface area contributed by atoms with Crippen LogP contribution in [0.25, 0.3) is 10.2 Å². The second kappa shape index (κ2) is 12.8. The summed E-state index contributed by atoms with van der Waals surface area (Å²) in [7, 11) is 0. The molecule has 9 nitrogen and oxygen atoms in total. The number of amides is 1. The Morgan fingerprint density at radius 1 is 1.06 bits per heavy atom. The molecule has 10 heteroatoms. The largest absolute Gasteiger partial charge is 0.481 e. The molecule has 0 radical (unpaired) electrons. The summed E-state index contributed by atoms with van der Waals surface area (Å²) in [6.07, 6.45) is 0.280. The van der Waals surface area contributed by atoms with E-state index in [0.717, 1.165) is 10.2 Å². The van der Waals surface area contributed by atoms with Crippen molar-refractivity contribution in [3.05, 3.63) is 23.2 Å². The summed E-state index contributed by atoms with van der Waals surface area (Å²) in [4.78, 5) is 27.2. The molecule has 0 aliphatic rings. The number of nitriles is 1. The zero-order valence-electron chi connectivity index (χ0n) is 20.2. The fraction of sp³-hybridized carbons (Fsp3) is 0.583. The number of rotatable bonds is 15. The van der Waals surface area contributed by atoms with Gasteiger partial charge in [0, 0.05) is 17.5 Å². The first kappa shape index (κ1) is 27.7. The number of carbonyl (C=O) groups is 2. The normalized spacial score (nSPS) is 12.0. The van der Waals surface area contributed by atoms with Crippen molar-refractivity contribution in [2.45, 2.75) is 40.5 Å². The van der Waals surface area contributed by atoms with Gasteiger partial charge in [0.05, 0.1) is 56.3 Å². The minimum Gasteiger partial charge on any atom is -0.481 e. The number of carboxylic acid groups (broad SMARTS) is 1. The van der Waals surface area contributed by atoms with E-state index < -0.39 is 5.97 Å². The number of aliphatic carboxylic acids is 1. The van der Waals surface area contributed by atoms with Crippen molar-refractivity contribution in [3.63, 3.8) is 0 Å². The molecule has 0 aliphatic carbocycles. The SMILES string of the molecule is CC(C)(COCCOCC(C)(C)CC(=O)Nc1ccc2nc(C#N)sc2c1)COCCC(=O)O. The highest BCUT2D eigenvalue weighted by atomic mass is 32.1. The Kier molecular flexibility index (Phi) is 10.4. The standard InChI is InChI=1S/C24H33N3O6S/c1-23(2,14-32-9-10-33-16-24(3,4)15-31-8-7-22(29)30)12-20(28)26-17-5-6-18-19(11-17)34-21(13-25)27-18/h5-6,11H,7-10,12,14-16H2,1-4H3,(H,26,28)(H,29,30). The van der Waals surface area contributed by atoms with E-state index in [1.54, 1.807) is 12.1 Å². The molecule has 0 bridgehead atoms. The van der Waals surface area contributed by atoms with Crippen LogP contribution in [0.4, 0.5) is 5.69 Å². The number of nitrogens with one attached hydrogen (secondary N) is 1. The third kappa shape index (κ3) is 10.1. The molecule has 0 saturated carbocycles. The zero-order valence-corrected chi connectivity index (χ0v) is 21.0. The van der Waals surface area contributed by atoms with Gasteiger partial charge in [-0.25, -0.2) is 4.98 Å². The number of hydrogen-bond acceptors (Lipinski definition) is 8. The van der Waals surface area contributed by atoms with Gasteiger partial charge in [0.1, 0.15) is 6.07 Å². The van der Waals surface area contributed by atoms with E-state index in [4.69, 9.17) is 24.6 Å². The molecule has 0 fully saturated rings. The van der Waals surface area contributed by atoms with Gasteiger partial charge < -0.3 is 24.6 Å². The number of ether oxygens (including phenoxy) is 3. The van der Waals surface area contributed by atoms with Crippen LogP contribution in [0.15, 0.2) is 18.2 Å². The summed E-state index contributed by atoms with van der Waals surface area (Å²) >= 11 is 1.29. The number of hydrogen-bond donors (Lipinski definition) is 2. The predicted octanol–water partition coefficient (Wildman–Crippen LogP) is 4.07. The molecule has 186 valence electrons. The van der Waals surface area contributed by atoms with Crippen LogP contribution in [0.3, 0.4) is 0 Å². The monoisotopic (exact) mass is 491 g/mol. The highest BCUT2D eigenvalue weighted by Crippen LogP contribution is 2.26. The van der Waals surface area contributed by atoms with Gasteiger partial charge in [0.15, 0.2) is 5.01 Å². The number of carbonyl (C=O) groups excluding carboxylic acids is 1. The Morgan fingerprint density at radius 2 is 1.68 bits per heavy atom. The number of carboxylic acids is 1. The highest BCUT2D eigenvalue weighted by molar-refractivity contribution is 7.19. The topological polar surface area (TPSA) is 131 Å². The zero-order chi connectivity index (χ0) is 25.2. The molecule has 0 unspecified atom stereocenters. The van der Waals surface area contributed by atoms with Crippen LogP contribution in [-0.2, 0) is 23.8 Å². The third-order valence-electron chi connectivity index (χ3n) is 4.72. The molecule has 0 spiro atoms. The van der Waals surface area contributed by atoms with Gasteiger partial charge >= 0.3 is 5.97 Å². The van der Waals surface area contributed by atoms with Crippen molar-refractivity contribution in [3.8, 4) is 6.07 Å². The second-order valence-corrected chi connectivity index (χ2v) is 10.7. The van der Waals surface area contributed by atoms with Crippen LogP contribution >= 0.6 is 11.3 Å². The maximum atomic E-state index is 12.5. The van der Waals surface area contributed by atoms with E-state index in [2.05, 4.69) is 10.3 Å². The van der Waals surface area contributed by atoms with Crippen LogP contribution in [0, 0.1) is 22.2 Å². The Balaban J connectivity index is 1.65. The minimum absolute atomic E-state index is 0.0108. The Bertz CT molecular complexity index is 1010. The number of benzene rings is 1. The summed E-state index contributed by atoms with van der Waals surface area (Å²) in [5, 5.41) is 20.9. The van der Waals surface area contributed by atoms with Crippen molar-refractivity contribution < 1.29 is 28.9 Å². The Hall–Kier alpha value is -2.58. The summed E-state index contributed by atoms with van der Waals surface area (Å²) in [6, 6.07) is 7.43. The fourth-order valence-electron chi connectivity index (χ4n) is 3.11. The van der Waals surface area contributed by atoms with E-state index in [1.807, 2.05) is 39.8 Å². The smallest absolute Gasteiger partial charge is 0.305 e. The first-order chi connectivity index (χ1) is 16.0. The number of anilines is 1. The number of nitrogens with zero attached hydrogens (tertiary/aromatic N) is 2. The molecular weight excluding hydrogens is 458 g/mol. The molecule has 2 rings (SSSR count). The van der Waals surface area contributed by atoms with Gasteiger partial charge in [0.2, 0.25) is 5.91 Å². The molecule has 0 atom stereocenters. The molecule has 1 amide bonds. The van der Waals surface area contributed by atoms with Gasteiger partial charge in [-0.05, 0) is 23.6 Å². The van der Waals surface area contributed by atoms with E-state index in [-0.39, 0.29) is 29.8 Å². The van der Waals surface area contributed by atoms with Gasteiger partial charge in [0.25, 0.3) is 0 Å². The van der Waals surface area contributed by atoms with E-state index >= 15 is 0 Å². The third-order valence-corrected chi connectivity index (χ3v) is 5.64. The summed E-state index contributed by atoms with van der Waals surface area (Å²) in [6.45, 7) is 10.2. The number of thiazole rings is 1. The molecule has 1 aromatic carbocycles. The van der Waals surface area contributed by atoms with Gasteiger partial charge in [-0.3, -0.25) is 9.59 Å². The summed E-state index contributed by atoms with van der Waals surface area (Å²) in [5.41, 5.74) is 0.827. The van der Waals surface area contributed by atoms with Crippen molar-refractivity contribution in [2.24, 2.45) is 10.8 Å². The lowest BCUT2D eigenvalue weighted by atomic mass is 9.90. The summed E-state index contributed by atoms with van der Waals surface area (Å²) in [5.74, 6) is -0.988. The number of aromatic nitrogens is 1. The lowest BCUT2D eigenvalue weighted by Crippen LogP contribution is -2.28. The average Bonchev–Trinajstić information content (AvgIpc) is 3.15. The van der Waals surface area contributed by atoms with Crippen molar-refractivity contribution in [2.75, 3.05) is 45.0 Å². The molecule has 0 aliphatic heterocycles. The first-order valence-corrected chi connectivity index (χ1v) is 11.9. The van der Waals surface area contributed by atoms with Gasteiger partial charge in [-0.1, -0.05) is 27.7 Å². The van der Waals surface area contributed by atoms with Gasteiger partial charge in [-0.2, -0.15) is 5.26 Å². The van der Waals surface area contributed by atoms with Gasteiger partial charge in [-0.15, -0.1) is 11.3 Å². The van der Waals surface area contributed by atoms with Crippen LogP contribution in [-0.4, -0.2) is 61.6 Å². The lowest BCUT2D eigenvalue weighted by molar-refractivity contribution is -0.138. The fourth-order valence-corrected chi connectivity index (χ4v) is 3.91. The lowest BCUT2D eigenvalue weighted by Gasteiger charge is -2.25. The molecule has 1 aromatic heterocycles. The van der Waals surface area contributed by atoms with Crippen molar-refractivity contribution >= 4 is 39.1 Å². The molecule has 2 N–H and O–H groups in total. The Morgan fingerprint density at radius 3 is 2.29 bits per heavy atom. The molecule has 1 heterocycles. The minimum atomic E-state index is -0.876. The van der Waals surface area contributed by atoms with Crippen molar-refractivity contribution in [1.29, 1.82) is 5.26 Å². The Labute approximate surface area is 204 Å². The number of fused-ring (bicyclic) bond motifs is 1. The first-order valence-electron chi connectivity index (χ1n) is 11.1. The van der Waals surface area contributed by atoms with E-state index in [9.17, 15) is 9.59 Å². The van der Waals surface area contributed by atoms with Crippen LogP contribution in [0.5, 0.6) is 0 Å². The molecular formula is C24H33N3O6S. The van der Waals surface area contributed by atoms with Crippen molar-refractivity contribution in [1.82, 2.24) is 4.98 Å². The molecule has 0 saturated heterocycles. The maximum Gasteiger partial charge on any atom is 0.305 e. The van der Waals surface area contributed by atoms with Crippen LogP contribution in [0.2, 0.25) is 0 Å².